The van der Waals surface area contributed by atoms with E-state index in [2.05, 4.69) is 21.2 Å². The Morgan fingerprint density at radius 1 is 1.59 bits per heavy atom. The molecule has 1 unspecified atom stereocenters. The van der Waals surface area contributed by atoms with E-state index < -0.39 is 5.97 Å². The van der Waals surface area contributed by atoms with E-state index in [-0.39, 0.29) is 18.4 Å². The Balaban J connectivity index is 2.64. The highest BCUT2D eigenvalue weighted by molar-refractivity contribution is 9.10. The number of carbonyl (C=O) groups excluding carboxylic acids is 1. The van der Waals surface area contributed by atoms with Crippen LogP contribution in [0.5, 0.6) is 0 Å². The average molecular weight is 320 g/mol. The molecule has 1 atom stereocenters. The summed E-state index contributed by atoms with van der Waals surface area (Å²) >= 11 is 4.61. The summed E-state index contributed by atoms with van der Waals surface area (Å²) in [7, 11) is 0. The molecule has 1 amide bonds. The fraction of sp³-hybridized carbons (Fsp3) is 0.455. The molecule has 0 aliphatic heterocycles. The smallest absolute Gasteiger partial charge is 0.305 e. The Kier molecular flexibility index (Phi) is 5.64. The normalized spacial score (nSPS) is 12.1. The second-order valence-corrected chi connectivity index (χ2v) is 5.43. The third-order valence-corrected chi connectivity index (χ3v) is 4.05. The second kappa shape index (κ2) is 6.76. The van der Waals surface area contributed by atoms with Crippen LogP contribution in [0.3, 0.4) is 0 Å². The molecule has 2 N–H and O–H groups in total. The molecule has 0 spiro atoms. The quantitative estimate of drug-likeness (QED) is 0.847. The minimum absolute atomic E-state index is 0.0391. The van der Waals surface area contributed by atoms with Crippen molar-refractivity contribution in [1.82, 2.24) is 5.32 Å². The van der Waals surface area contributed by atoms with Crippen molar-refractivity contribution >= 4 is 39.1 Å². The topological polar surface area (TPSA) is 66.4 Å². The summed E-state index contributed by atoms with van der Waals surface area (Å²) in [5.41, 5.74) is 0. The van der Waals surface area contributed by atoms with Gasteiger partial charge in [0.05, 0.1) is 6.42 Å². The van der Waals surface area contributed by atoms with E-state index in [1.807, 2.05) is 12.3 Å². The second-order valence-electron chi connectivity index (χ2n) is 3.65. The van der Waals surface area contributed by atoms with Gasteiger partial charge in [0.25, 0.3) is 5.91 Å². The summed E-state index contributed by atoms with van der Waals surface area (Å²) < 4.78 is 0.741. The van der Waals surface area contributed by atoms with Crippen LogP contribution in [-0.4, -0.2) is 23.0 Å². The highest BCUT2D eigenvalue weighted by Crippen LogP contribution is 2.22. The average Bonchev–Trinajstić information content (AvgIpc) is 2.63. The number of thiophene rings is 1. The molecule has 0 saturated carbocycles. The molecule has 0 aliphatic carbocycles. The molecule has 17 heavy (non-hydrogen) atoms. The van der Waals surface area contributed by atoms with E-state index in [0.717, 1.165) is 10.9 Å². The molecule has 94 valence electrons. The van der Waals surface area contributed by atoms with E-state index in [4.69, 9.17) is 5.11 Å². The zero-order valence-corrected chi connectivity index (χ0v) is 11.8. The molecule has 1 aromatic rings. The number of amides is 1. The first-order valence-electron chi connectivity index (χ1n) is 5.30. The van der Waals surface area contributed by atoms with E-state index in [1.165, 1.54) is 11.3 Å². The van der Waals surface area contributed by atoms with Gasteiger partial charge in [-0.05, 0) is 33.8 Å². The summed E-state index contributed by atoms with van der Waals surface area (Å²) in [5, 5.41) is 13.3. The standard InChI is InChI=1S/C11H14BrNO3S/c1-2-3-7(6-9(14)15)13-11(16)10-8(12)4-5-17-10/h4-5,7H,2-3,6H2,1H3,(H,13,16)(H,14,15). The van der Waals surface area contributed by atoms with Crippen LogP contribution in [0.1, 0.15) is 35.9 Å². The van der Waals surface area contributed by atoms with Crippen LogP contribution in [0.15, 0.2) is 15.9 Å². The van der Waals surface area contributed by atoms with Crippen molar-refractivity contribution < 1.29 is 14.7 Å². The van der Waals surface area contributed by atoms with Gasteiger partial charge in [-0.2, -0.15) is 0 Å². The highest BCUT2D eigenvalue weighted by atomic mass is 79.9. The van der Waals surface area contributed by atoms with Crippen molar-refractivity contribution in [1.29, 1.82) is 0 Å². The molecule has 4 nitrogen and oxygen atoms in total. The van der Waals surface area contributed by atoms with Crippen LogP contribution in [0.25, 0.3) is 0 Å². The van der Waals surface area contributed by atoms with Gasteiger partial charge in [0.15, 0.2) is 0 Å². The number of halogens is 1. The first kappa shape index (κ1) is 14.2. The van der Waals surface area contributed by atoms with E-state index in [0.29, 0.717) is 11.3 Å². The lowest BCUT2D eigenvalue weighted by molar-refractivity contribution is -0.137. The van der Waals surface area contributed by atoms with Crippen molar-refractivity contribution in [2.24, 2.45) is 0 Å². The van der Waals surface area contributed by atoms with Gasteiger partial charge in [-0.25, -0.2) is 0 Å². The number of carboxylic acids is 1. The first-order valence-corrected chi connectivity index (χ1v) is 6.97. The van der Waals surface area contributed by atoms with Gasteiger partial charge < -0.3 is 10.4 Å². The lowest BCUT2D eigenvalue weighted by Crippen LogP contribution is -2.36. The summed E-state index contributed by atoms with van der Waals surface area (Å²) in [6.07, 6.45) is 1.47. The van der Waals surface area contributed by atoms with E-state index in [1.54, 1.807) is 6.07 Å². The molecule has 1 heterocycles. The number of carboxylic acid groups (broad SMARTS) is 1. The van der Waals surface area contributed by atoms with Crippen LogP contribution in [0, 0.1) is 0 Å². The zero-order chi connectivity index (χ0) is 12.8. The van der Waals surface area contributed by atoms with Gasteiger partial charge in [-0.1, -0.05) is 13.3 Å². The fourth-order valence-corrected chi connectivity index (χ4v) is 2.95. The number of carbonyl (C=O) groups is 2. The maximum atomic E-state index is 11.9. The molecule has 0 bridgehead atoms. The molecule has 0 fully saturated rings. The Morgan fingerprint density at radius 2 is 2.29 bits per heavy atom. The SMILES string of the molecule is CCCC(CC(=O)O)NC(=O)c1sccc1Br. The largest absolute Gasteiger partial charge is 0.481 e. The van der Waals surface area contributed by atoms with Gasteiger partial charge in [0.2, 0.25) is 0 Å². The maximum Gasteiger partial charge on any atom is 0.305 e. The molecule has 1 rings (SSSR count). The monoisotopic (exact) mass is 319 g/mol. The number of aliphatic carboxylic acids is 1. The predicted octanol–water partition coefficient (Wildman–Crippen LogP) is 2.88. The zero-order valence-electron chi connectivity index (χ0n) is 9.40. The fourth-order valence-electron chi connectivity index (χ4n) is 1.49. The van der Waals surface area contributed by atoms with Crippen molar-refractivity contribution in [3.8, 4) is 0 Å². The van der Waals surface area contributed by atoms with Crippen LogP contribution < -0.4 is 5.32 Å². The summed E-state index contributed by atoms with van der Waals surface area (Å²) in [5.74, 6) is -1.11. The number of rotatable bonds is 6. The Bertz CT molecular complexity index is 405. The predicted molar refractivity (Wildman–Crippen MR) is 70.4 cm³/mol. The molecule has 6 heteroatoms. The van der Waals surface area contributed by atoms with Crippen molar-refractivity contribution in [3.05, 3.63) is 20.8 Å². The molecular formula is C11H14BrNO3S. The number of nitrogens with one attached hydrogen (secondary N) is 1. The molecule has 0 saturated heterocycles. The van der Waals surface area contributed by atoms with Gasteiger partial charge >= 0.3 is 5.97 Å². The van der Waals surface area contributed by atoms with Gasteiger partial charge in [-0.3, -0.25) is 9.59 Å². The molecule has 0 radical (unpaired) electrons. The minimum Gasteiger partial charge on any atom is -0.481 e. The van der Waals surface area contributed by atoms with Crippen LogP contribution in [-0.2, 0) is 4.79 Å². The van der Waals surface area contributed by atoms with Gasteiger partial charge in [0, 0.05) is 10.5 Å². The summed E-state index contributed by atoms with van der Waals surface area (Å²) in [6, 6.07) is 1.49. The molecular weight excluding hydrogens is 306 g/mol. The minimum atomic E-state index is -0.894. The molecule has 0 aromatic carbocycles. The molecule has 1 aromatic heterocycles. The maximum absolute atomic E-state index is 11.9. The van der Waals surface area contributed by atoms with Crippen molar-refractivity contribution in [2.75, 3.05) is 0 Å². The van der Waals surface area contributed by atoms with Gasteiger partial charge in [0.1, 0.15) is 4.88 Å². The first-order chi connectivity index (χ1) is 8.04. The van der Waals surface area contributed by atoms with E-state index in [9.17, 15) is 9.59 Å². The lowest BCUT2D eigenvalue weighted by atomic mass is 10.1. The van der Waals surface area contributed by atoms with Gasteiger partial charge in [-0.15, -0.1) is 11.3 Å². The third kappa shape index (κ3) is 4.47. The lowest BCUT2D eigenvalue weighted by Gasteiger charge is -2.15. The number of hydrogen-bond donors (Lipinski definition) is 2. The van der Waals surface area contributed by atoms with Crippen LogP contribution in [0.2, 0.25) is 0 Å². The van der Waals surface area contributed by atoms with Crippen molar-refractivity contribution in [2.45, 2.75) is 32.2 Å². The van der Waals surface area contributed by atoms with Crippen LogP contribution in [0.4, 0.5) is 0 Å². The van der Waals surface area contributed by atoms with E-state index >= 15 is 0 Å². The summed E-state index contributed by atoms with van der Waals surface area (Å²) in [4.78, 5) is 23.1. The Labute approximate surface area is 112 Å². The Morgan fingerprint density at radius 3 is 2.76 bits per heavy atom. The summed E-state index contributed by atoms with van der Waals surface area (Å²) in [6.45, 7) is 1.96. The third-order valence-electron chi connectivity index (χ3n) is 2.22. The van der Waals surface area contributed by atoms with Crippen molar-refractivity contribution in [3.63, 3.8) is 0 Å². The molecule has 0 aliphatic rings. The Hall–Kier alpha value is -0.880. The highest BCUT2D eigenvalue weighted by Gasteiger charge is 2.18. The number of hydrogen-bond acceptors (Lipinski definition) is 3. The van der Waals surface area contributed by atoms with Crippen LogP contribution >= 0.6 is 27.3 Å².